The number of carbonyl (C=O) groups excluding carboxylic acids is 2. The number of hydrogen-bond donors (Lipinski definition) is 3. The second-order valence-electron chi connectivity index (χ2n) is 4.51. The minimum atomic E-state index is -0.666. The molecule has 0 saturated heterocycles. The van der Waals surface area contributed by atoms with E-state index in [1.54, 1.807) is 37.4 Å². The Labute approximate surface area is 127 Å². The average molecular weight is 300 g/mol. The van der Waals surface area contributed by atoms with Crippen LogP contribution in [0.25, 0.3) is 0 Å². The van der Waals surface area contributed by atoms with Gasteiger partial charge in [0.1, 0.15) is 11.5 Å². The molecule has 0 unspecified atom stereocenters. The normalized spacial score (nSPS) is 9.86. The van der Waals surface area contributed by atoms with Crippen LogP contribution in [-0.2, 0) is 6.54 Å². The van der Waals surface area contributed by atoms with Gasteiger partial charge in [0.2, 0.25) is 0 Å². The third-order valence-corrected chi connectivity index (χ3v) is 2.96. The maximum absolute atomic E-state index is 11.8. The second kappa shape index (κ2) is 7.12. The summed E-state index contributed by atoms with van der Waals surface area (Å²) in [6.45, 7) is 0.247. The van der Waals surface area contributed by atoms with E-state index in [0.29, 0.717) is 5.75 Å². The van der Waals surface area contributed by atoms with Crippen molar-refractivity contribution < 1.29 is 19.4 Å². The predicted octanol–water partition coefficient (Wildman–Crippen LogP) is 2.04. The number of amides is 3. The first kappa shape index (κ1) is 15.4. The second-order valence-corrected chi connectivity index (χ2v) is 4.51. The molecule has 0 aliphatic rings. The number of ether oxygens (including phenoxy) is 1. The number of phenolic OH excluding ortho intramolecular Hbond substituents is 1. The highest BCUT2D eigenvalue weighted by molar-refractivity contribution is 6.05. The van der Waals surface area contributed by atoms with Crippen molar-refractivity contribution in [3.05, 3.63) is 59.7 Å². The molecule has 6 heteroatoms. The lowest BCUT2D eigenvalue weighted by Gasteiger charge is -2.08. The molecule has 6 nitrogen and oxygen atoms in total. The summed E-state index contributed by atoms with van der Waals surface area (Å²) in [6.07, 6.45) is 0. The maximum atomic E-state index is 11.8. The summed E-state index contributed by atoms with van der Waals surface area (Å²) >= 11 is 0. The number of nitrogens with one attached hydrogen (secondary N) is 2. The molecule has 3 N–H and O–H groups in total. The quantitative estimate of drug-likeness (QED) is 0.806. The van der Waals surface area contributed by atoms with Gasteiger partial charge in [-0.1, -0.05) is 24.3 Å². The van der Waals surface area contributed by atoms with Crippen LogP contribution in [0.1, 0.15) is 15.9 Å². The first-order valence-electron chi connectivity index (χ1n) is 6.60. The van der Waals surface area contributed by atoms with Crippen LogP contribution in [0, 0.1) is 0 Å². The Bertz CT molecular complexity index is 685. The molecule has 2 rings (SSSR count). The highest BCUT2D eigenvalue weighted by atomic mass is 16.5. The molecule has 2 aromatic rings. The number of carbonyl (C=O) groups is 2. The van der Waals surface area contributed by atoms with Crippen LogP contribution in [0.2, 0.25) is 0 Å². The number of imide groups is 1. The highest BCUT2D eigenvalue weighted by Gasteiger charge is 2.13. The molecular weight excluding hydrogens is 284 g/mol. The number of rotatable bonds is 4. The SMILES string of the molecule is COc1cccc(CNC(=O)NC(=O)c2ccccc2O)c1. The summed E-state index contributed by atoms with van der Waals surface area (Å²) in [5, 5.41) is 14.3. The summed E-state index contributed by atoms with van der Waals surface area (Å²) < 4.78 is 5.09. The molecule has 0 heterocycles. The van der Waals surface area contributed by atoms with E-state index in [1.165, 1.54) is 12.1 Å². The zero-order valence-corrected chi connectivity index (χ0v) is 12.0. The van der Waals surface area contributed by atoms with Crippen molar-refractivity contribution in [3.8, 4) is 11.5 Å². The Balaban J connectivity index is 1.90. The number of benzene rings is 2. The van der Waals surface area contributed by atoms with Crippen LogP contribution >= 0.6 is 0 Å². The fourth-order valence-corrected chi connectivity index (χ4v) is 1.85. The molecule has 22 heavy (non-hydrogen) atoms. The summed E-state index contributed by atoms with van der Waals surface area (Å²) in [6, 6.07) is 12.6. The fourth-order valence-electron chi connectivity index (χ4n) is 1.85. The minimum Gasteiger partial charge on any atom is -0.507 e. The van der Waals surface area contributed by atoms with E-state index in [-0.39, 0.29) is 17.9 Å². The van der Waals surface area contributed by atoms with E-state index in [4.69, 9.17) is 4.74 Å². The van der Waals surface area contributed by atoms with Crippen LogP contribution in [0.5, 0.6) is 11.5 Å². The average Bonchev–Trinajstić information content (AvgIpc) is 2.53. The van der Waals surface area contributed by atoms with Crippen molar-refractivity contribution >= 4 is 11.9 Å². The lowest BCUT2D eigenvalue weighted by molar-refractivity contribution is 0.0961. The van der Waals surface area contributed by atoms with E-state index in [1.807, 2.05) is 6.07 Å². The molecule has 0 bridgehead atoms. The van der Waals surface area contributed by atoms with Crippen molar-refractivity contribution in [1.29, 1.82) is 0 Å². The minimum absolute atomic E-state index is 0.0408. The predicted molar refractivity (Wildman–Crippen MR) is 80.8 cm³/mol. The van der Waals surface area contributed by atoms with Crippen LogP contribution < -0.4 is 15.4 Å². The number of para-hydroxylation sites is 1. The summed E-state index contributed by atoms with van der Waals surface area (Å²) in [4.78, 5) is 23.5. The molecule has 0 saturated carbocycles. The molecule has 0 aliphatic heterocycles. The summed E-state index contributed by atoms with van der Waals surface area (Å²) in [5.41, 5.74) is 0.878. The number of aromatic hydroxyl groups is 1. The largest absolute Gasteiger partial charge is 0.507 e. The van der Waals surface area contributed by atoms with Crippen LogP contribution in [-0.4, -0.2) is 24.2 Å². The van der Waals surface area contributed by atoms with E-state index >= 15 is 0 Å². The Morgan fingerprint density at radius 2 is 1.91 bits per heavy atom. The Kier molecular flexibility index (Phi) is 4.98. The molecule has 0 atom stereocenters. The van der Waals surface area contributed by atoms with Gasteiger partial charge in [0.05, 0.1) is 12.7 Å². The molecule has 0 fully saturated rings. The van der Waals surface area contributed by atoms with Gasteiger partial charge < -0.3 is 15.2 Å². The van der Waals surface area contributed by atoms with Crippen LogP contribution in [0.3, 0.4) is 0 Å². The monoisotopic (exact) mass is 300 g/mol. The molecule has 114 valence electrons. The number of urea groups is 1. The molecule has 2 aromatic carbocycles. The molecular formula is C16H16N2O4. The van der Waals surface area contributed by atoms with E-state index in [0.717, 1.165) is 5.56 Å². The van der Waals surface area contributed by atoms with E-state index in [9.17, 15) is 14.7 Å². The number of hydrogen-bond acceptors (Lipinski definition) is 4. The van der Waals surface area contributed by atoms with Crippen molar-refractivity contribution in [2.24, 2.45) is 0 Å². The van der Waals surface area contributed by atoms with Crippen LogP contribution in [0.15, 0.2) is 48.5 Å². The maximum Gasteiger partial charge on any atom is 0.321 e. The molecule has 0 aromatic heterocycles. The molecule has 0 aliphatic carbocycles. The van der Waals surface area contributed by atoms with Gasteiger partial charge in [0.15, 0.2) is 0 Å². The van der Waals surface area contributed by atoms with Gasteiger partial charge >= 0.3 is 6.03 Å². The number of methoxy groups -OCH3 is 1. The number of phenols is 1. The van der Waals surface area contributed by atoms with E-state index in [2.05, 4.69) is 10.6 Å². The summed E-state index contributed by atoms with van der Waals surface area (Å²) in [5.74, 6) is -0.160. The third kappa shape index (κ3) is 3.99. The lowest BCUT2D eigenvalue weighted by atomic mass is 10.2. The van der Waals surface area contributed by atoms with Crippen molar-refractivity contribution in [2.75, 3.05) is 7.11 Å². The van der Waals surface area contributed by atoms with Gasteiger partial charge in [0, 0.05) is 6.54 Å². The zero-order chi connectivity index (χ0) is 15.9. The Hall–Kier alpha value is -3.02. The Morgan fingerprint density at radius 1 is 1.14 bits per heavy atom. The van der Waals surface area contributed by atoms with Gasteiger partial charge in [-0.3, -0.25) is 10.1 Å². The van der Waals surface area contributed by atoms with Gasteiger partial charge in [-0.05, 0) is 29.8 Å². The van der Waals surface area contributed by atoms with Gasteiger partial charge in [0.25, 0.3) is 5.91 Å². The molecule has 0 spiro atoms. The molecule has 0 radical (unpaired) electrons. The zero-order valence-electron chi connectivity index (χ0n) is 12.0. The van der Waals surface area contributed by atoms with Crippen LogP contribution in [0.4, 0.5) is 4.79 Å². The topological polar surface area (TPSA) is 87.7 Å². The Morgan fingerprint density at radius 3 is 2.64 bits per heavy atom. The smallest absolute Gasteiger partial charge is 0.321 e. The fraction of sp³-hybridized carbons (Fsp3) is 0.125. The van der Waals surface area contributed by atoms with E-state index < -0.39 is 11.9 Å². The first-order valence-corrected chi connectivity index (χ1v) is 6.60. The van der Waals surface area contributed by atoms with Gasteiger partial charge in [-0.25, -0.2) is 4.79 Å². The van der Waals surface area contributed by atoms with Gasteiger partial charge in [-0.2, -0.15) is 0 Å². The third-order valence-electron chi connectivity index (χ3n) is 2.96. The highest BCUT2D eigenvalue weighted by Crippen LogP contribution is 2.15. The van der Waals surface area contributed by atoms with Crippen molar-refractivity contribution in [1.82, 2.24) is 10.6 Å². The van der Waals surface area contributed by atoms with Gasteiger partial charge in [-0.15, -0.1) is 0 Å². The molecule has 3 amide bonds. The standard InChI is InChI=1S/C16H16N2O4/c1-22-12-6-4-5-11(9-12)10-17-16(21)18-15(20)13-7-2-3-8-14(13)19/h2-9,19H,10H2,1H3,(H2,17,18,20,21). The summed E-state index contributed by atoms with van der Waals surface area (Å²) in [7, 11) is 1.56. The van der Waals surface area contributed by atoms with Crippen molar-refractivity contribution in [3.63, 3.8) is 0 Å². The lowest BCUT2D eigenvalue weighted by Crippen LogP contribution is -2.39. The first-order chi connectivity index (χ1) is 10.6. The van der Waals surface area contributed by atoms with Crippen molar-refractivity contribution in [2.45, 2.75) is 6.54 Å².